The van der Waals surface area contributed by atoms with Crippen molar-refractivity contribution in [1.29, 1.82) is 0 Å². The molecule has 0 aromatic heterocycles. The molecule has 0 bridgehead atoms. The van der Waals surface area contributed by atoms with E-state index in [1.807, 2.05) is 0 Å². The van der Waals surface area contributed by atoms with Gasteiger partial charge in [0.25, 0.3) is 0 Å². The van der Waals surface area contributed by atoms with Crippen LogP contribution in [0.5, 0.6) is 0 Å². The van der Waals surface area contributed by atoms with E-state index in [0.29, 0.717) is 43.8 Å². The fourth-order valence-electron chi connectivity index (χ4n) is 3.89. The Balaban J connectivity index is 1.64. The van der Waals surface area contributed by atoms with Gasteiger partial charge in [-0.05, 0) is 57.3 Å². The molecule has 3 aliphatic rings. The fourth-order valence-corrected chi connectivity index (χ4v) is 3.89. The molecule has 18 heavy (non-hydrogen) atoms. The van der Waals surface area contributed by atoms with Crippen LogP contribution >= 0.6 is 0 Å². The van der Waals surface area contributed by atoms with E-state index in [-0.39, 0.29) is 6.10 Å². The molecular weight excluding hydrogens is 232 g/mol. The first-order valence-corrected chi connectivity index (χ1v) is 7.16. The molecule has 0 amide bonds. The molecule has 0 radical (unpaired) electrons. The summed E-state index contributed by atoms with van der Waals surface area (Å²) in [5.74, 6) is -0.159. The molecule has 2 saturated carbocycles. The van der Waals surface area contributed by atoms with Crippen molar-refractivity contribution >= 4 is 5.97 Å². The van der Waals surface area contributed by atoms with E-state index < -0.39 is 11.4 Å². The van der Waals surface area contributed by atoms with Crippen molar-refractivity contribution in [1.82, 2.24) is 0 Å². The maximum Gasteiger partial charge on any atom is 0.309 e. The van der Waals surface area contributed by atoms with Crippen LogP contribution in [0.25, 0.3) is 0 Å². The zero-order valence-electron chi connectivity index (χ0n) is 10.7. The molecule has 1 saturated heterocycles. The first kappa shape index (κ1) is 12.4. The number of carboxylic acid groups (broad SMARTS) is 1. The summed E-state index contributed by atoms with van der Waals surface area (Å²) >= 11 is 0. The van der Waals surface area contributed by atoms with Crippen LogP contribution in [-0.2, 0) is 9.53 Å². The molecule has 4 heteroatoms. The van der Waals surface area contributed by atoms with E-state index in [1.165, 1.54) is 0 Å². The third-order valence-electron chi connectivity index (χ3n) is 5.16. The van der Waals surface area contributed by atoms with E-state index in [2.05, 4.69) is 0 Å². The molecule has 2 aliphatic carbocycles. The maximum atomic E-state index is 11.6. The standard InChI is InChI=1S/C14H22O4/c15-10-3-5-14(6-4-10,13(16)17)8-9-1-2-11-12(7-9)18-11/h9-12,15H,1-8H2,(H,16,17). The first-order valence-electron chi connectivity index (χ1n) is 7.16. The highest BCUT2D eigenvalue weighted by atomic mass is 16.6. The highest BCUT2D eigenvalue weighted by Crippen LogP contribution is 2.48. The van der Waals surface area contributed by atoms with Gasteiger partial charge in [-0.1, -0.05) is 0 Å². The van der Waals surface area contributed by atoms with Crippen LogP contribution < -0.4 is 0 Å². The number of aliphatic hydroxyl groups excluding tert-OH is 1. The number of aliphatic carboxylic acids is 1. The number of epoxide rings is 1. The lowest BCUT2D eigenvalue weighted by atomic mass is 9.66. The van der Waals surface area contributed by atoms with Crippen LogP contribution in [0.3, 0.4) is 0 Å². The number of rotatable bonds is 3. The summed E-state index contributed by atoms with van der Waals surface area (Å²) in [6, 6.07) is 0. The molecule has 1 aliphatic heterocycles. The fraction of sp³-hybridized carbons (Fsp3) is 0.929. The molecule has 0 aromatic carbocycles. The average Bonchev–Trinajstić information content (AvgIpc) is 3.10. The van der Waals surface area contributed by atoms with Gasteiger partial charge in [0.2, 0.25) is 0 Å². The van der Waals surface area contributed by atoms with Crippen LogP contribution in [0.4, 0.5) is 0 Å². The predicted octanol–water partition coefficient (Wildman–Crippen LogP) is 1.95. The Bertz CT molecular complexity index is 333. The highest BCUT2D eigenvalue weighted by molar-refractivity contribution is 5.74. The van der Waals surface area contributed by atoms with Crippen molar-refractivity contribution in [2.24, 2.45) is 11.3 Å². The summed E-state index contributed by atoms with van der Waals surface area (Å²) in [5, 5.41) is 19.1. The number of hydrogen-bond acceptors (Lipinski definition) is 3. The molecule has 3 unspecified atom stereocenters. The van der Waals surface area contributed by atoms with Gasteiger partial charge in [0, 0.05) is 0 Å². The molecule has 4 nitrogen and oxygen atoms in total. The molecule has 1 heterocycles. The Kier molecular flexibility index (Phi) is 3.10. The molecule has 3 rings (SSSR count). The number of ether oxygens (including phenoxy) is 1. The highest BCUT2D eigenvalue weighted by Gasteiger charge is 2.48. The molecule has 3 atom stereocenters. The Labute approximate surface area is 107 Å². The quantitative estimate of drug-likeness (QED) is 0.755. The van der Waals surface area contributed by atoms with Gasteiger partial charge >= 0.3 is 5.97 Å². The summed E-state index contributed by atoms with van der Waals surface area (Å²) in [6.45, 7) is 0. The minimum atomic E-state index is -0.659. The number of aliphatic hydroxyl groups is 1. The number of hydrogen-bond donors (Lipinski definition) is 2. The lowest BCUT2D eigenvalue weighted by Crippen LogP contribution is -2.39. The summed E-state index contributed by atoms with van der Waals surface area (Å²) < 4.78 is 5.52. The zero-order valence-corrected chi connectivity index (χ0v) is 10.7. The van der Waals surface area contributed by atoms with E-state index in [0.717, 1.165) is 25.7 Å². The number of carbonyl (C=O) groups is 1. The largest absolute Gasteiger partial charge is 0.481 e. The Morgan fingerprint density at radius 2 is 1.89 bits per heavy atom. The van der Waals surface area contributed by atoms with E-state index >= 15 is 0 Å². The van der Waals surface area contributed by atoms with Crippen LogP contribution in [-0.4, -0.2) is 34.5 Å². The second-order valence-corrected chi connectivity index (χ2v) is 6.41. The number of fused-ring (bicyclic) bond motifs is 1. The number of carboxylic acids is 1. The van der Waals surface area contributed by atoms with Gasteiger partial charge in [-0.15, -0.1) is 0 Å². The van der Waals surface area contributed by atoms with E-state index in [9.17, 15) is 15.0 Å². The Morgan fingerprint density at radius 3 is 2.50 bits per heavy atom. The van der Waals surface area contributed by atoms with E-state index in [1.54, 1.807) is 0 Å². The Morgan fingerprint density at radius 1 is 1.17 bits per heavy atom. The van der Waals surface area contributed by atoms with Crippen molar-refractivity contribution < 1.29 is 19.7 Å². The van der Waals surface area contributed by atoms with Gasteiger partial charge in [0.1, 0.15) is 0 Å². The minimum absolute atomic E-state index is 0.292. The third-order valence-corrected chi connectivity index (χ3v) is 5.16. The van der Waals surface area contributed by atoms with Crippen molar-refractivity contribution in [3.8, 4) is 0 Å². The summed E-state index contributed by atoms with van der Waals surface area (Å²) in [6.07, 6.45) is 7.20. The van der Waals surface area contributed by atoms with Crippen molar-refractivity contribution in [3.63, 3.8) is 0 Å². The van der Waals surface area contributed by atoms with Gasteiger partial charge in [-0.2, -0.15) is 0 Å². The second-order valence-electron chi connectivity index (χ2n) is 6.41. The smallest absolute Gasteiger partial charge is 0.309 e. The van der Waals surface area contributed by atoms with Gasteiger partial charge in [0.15, 0.2) is 0 Å². The predicted molar refractivity (Wildman–Crippen MR) is 65.2 cm³/mol. The van der Waals surface area contributed by atoms with Gasteiger partial charge < -0.3 is 14.9 Å². The molecule has 102 valence electrons. The molecule has 0 aromatic rings. The van der Waals surface area contributed by atoms with Crippen molar-refractivity contribution in [2.45, 2.75) is 69.7 Å². The van der Waals surface area contributed by atoms with Crippen LogP contribution in [0.15, 0.2) is 0 Å². The van der Waals surface area contributed by atoms with E-state index in [4.69, 9.17) is 4.74 Å². The third kappa shape index (κ3) is 2.28. The topological polar surface area (TPSA) is 70.1 Å². The minimum Gasteiger partial charge on any atom is -0.481 e. The van der Waals surface area contributed by atoms with Gasteiger partial charge in [0.05, 0.1) is 23.7 Å². The molecule has 3 fully saturated rings. The lowest BCUT2D eigenvalue weighted by Gasteiger charge is -2.38. The average molecular weight is 254 g/mol. The molecule has 2 N–H and O–H groups in total. The maximum absolute atomic E-state index is 11.6. The van der Waals surface area contributed by atoms with Crippen LogP contribution in [0.1, 0.15) is 51.4 Å². The van der Waals surface area contributed by atoms with Crippen LogP contribution in [0.2, 0.25) is 0 Å². The van der Waals surface area contributed by atoms with Gasteiger partial charge in [-0.3, -0.25) is 4.79 Å². The Hall–Kier alpha value is -0.610. The summed E-state index contributed by atoms with van der Waals surface area (Å²) in [7, 11) is 0. The van der Waals surface area contributed by atoms with Gasteiger partial charge in [-0.25, -0.2) is 0 Å². The SMILES string of the molecule is O=C(O)C1(CC2CCC3OC3C2)CCC(O)CC1. The molecule has 0 spiro atoms. The lowest BCUT2D eigenvalue weighted by molar-refractivity contribution is -0.154. The first-order chi connectivity index (χ1) is 8.59. The monoisotopic (exact) mass is 254 g/mol. The molecular formula is C14H22O4. The second kappa shape index (κ2) is 4.49. The van der Waals surface area contributed by atoms with Crippen molar-refractivity contribution in [3.05, 3.63) is 0 Å². The zero-order chi connectivity index (χ0) is 12.8. The summed E-state index contributed by atoms with van der Waals surface area (Å²) in [5.41, 5.74) is -0.578. The van der Waals surface area contributed by atoms with Crippen LogP contribution in [0, 0.1) is 11.3 Å². The van der Waals surface area contributed by atoms with Crippen molar-refractivity contribution in [2.75, 3.05) is 0 Å². The normalized spacial score (nSPS) is 47.4. The summed E-state index contributed by atoms with van der Waals surface area (Å²) in [4.78, 5) is 11.6.